The Bertz CT molecular complexity index is 652. The topological polar surface area (TPSA) is 78.5 Å². The van der Waals surface area contributed by atoms with Gasteiger partial charge in [-0.2, -0.15) is 0 Å². The molecule has 2 rings (SSSR count). The van der Waals surface area contributed by atoms with Crippen LogP contribution in [0.1, 0.15) is 37.0 Å². The molecular weight excluding hydrogens is 314 g/mol. The molecule has 0 unspecified atom stereocenters. The van der Waals surface area contributed by atoms with Gasteiger partial charge in [0.2, 0.25) is 10.0 Å². The van der Waals surface area contributed by atoms with Crippen LogP contribution in [0.25, 0.3) is 0 Å². The molecule has 0 aliphatic carbocycles. The van der Waals surface area contributed by atoms with Gasteiger partial charge in [0.15, 0.2) is 0 Å². The molecule has 0 saturated carbocycles. The van der Waals surface area contributed by atoms with Gasteiger partial charge in [-0.3, -0.25) is 4.79 Å². The minimum atomic E-state index is -3.60. The predicted octanol–water partition coefficient (Wildman–Crippen LogP) is 1.20. The van der Waals surface area contributed by atoms with Crippen molar-refractivity contribution in [3.8, 4) is 0 Å². The molecule has 0 bridgehead atoms. The summed E-state index contributed by atoms with van der Waals surface area (Å²) in [5.74, 6) is -0.140. The third-order valence-corrected chi connectivity index (χ3v) is 5.62. The minimum absolute atomic E-state index is 0.121. The number of carbonyl (C=O) groups excluding carboxylic acids is 1. The highest BCUT2D eigenvalue weighted by Gasteiger charge is 2.24. The molecule has 0 radical (unpaired) electrons. The molecule has 1 heterocycles. The number of amides is 1. The first-order valence-corrected chi connectivity index (χ1v) is 9.40. The molecule has 1 aliphatic heterocycles. The van der Waals surface area contributed by atoms with Gasteiger partial charge in [0, 0.05) is 24.7 Å². The lowest BCUT2D eigenvalue weighted by molar-refractivity contribution is 0.0703. The van der Waals surface area contributed by atoms with Crippen molar-refractivity contribution in [3.63, 3.8) is 0 Å². The fraction of sp³-hybridized carbons (Fsp3) is 0.562. The molecule has 1 fully saturated rings. The van der Waals surface area contributed by atoms with E-state index in [0.717, 1.165) is 25.9 Å². The van der Waals surface area contributed by atoms with Crippen LogP contribution in [0.15, 0.2) is 29.2 Å². The van der Waals surface area contributed by atoms with Crippen LogP contribution in [0.2, 0.25) is 0 Å². The molecule has 1 aliphatic rings. The van der Waals surface area contributed by atoms with Crippen LogP contribution in [0, 0.1) is 0 Å². The highest BCUT2D eigenvalue weighted by molar-refractivity contribution is 7.89. The van der Waals surface area contributed by atoms with Crippen molar-refractivity contribution in [1.29, 1.82) is 0 Å². The highest BCUT2D eigenvalue weighted by Crippen LogP contribution is 2.17. The van der Waals surface area contributed by atoms with Gasteiger partial charge in [0.05, 0.1) is 4.90 Å². The molecule has 1 aromatic carbocycles. The van der Waals surface area contributed by atoms with E-state index in [9.17, 15) is 13.2 Å². The molecule has 0 aromatic heterocycles. The maximum atomic E-state index is 12.6. The van der Waals surface area contributed by atoms with Crippen LogP contribution in [0.5, 0.6) is 0 Å². The van der Waals surface area contributed by atoms with E-state index < -0.39 is 10.0 Å². The van der Waals surface area contributed by atoms with Gasteiger partial charge in [0.1, 0.15) is 0 Å². The number of benzene rings is 1. The summed E-state index contributed by atoms with van der Waals surface area (Å²) in [5, 5.41) is 3.27. The zero-order valence-electron chi connectivity index (χ0n) is 13.9. The molecule has 0 spiro atoms. The zero-order valence-corrected chi connectivity index (χ0v) is 14.7. The first-order valence-electron chi connectivity index (χ1n) is 7.91. The zero-order chi connectivity index (χ0) is 17.0. The molecule has 7 heteroatoms. The normalized spacial score (nSPS) is 16.5. The number of nitrogens with zero attached hydrogens (tertiary/aromatic N) is 1. The van der Waals surface area contributed by atoms with Crippen LogP contribution in [0.3, 0.4) is 0 Å². The highest BCUT2D eigenvalue weighted by atomic mass is 32.2. The summed E-state index contributed by atoms with van der Waals surface area (Å²) in [5.41, 5.74) is 0.401. The smallest absolute Gasteiger partial charge is 0.253 e. The number of hydrogen-bond acceptors (Lipinski definition) is 4. The van der Waals surface area contributed by atoms with E-state index in [1.165, 1.54) is 12.1 Å². The molecule has 2 N–H and O–H groups in total. The maximum Gasteiger partial charge on any atom is 0.253 e. The largest absolute Gasteiger partial charge is 0.339 e. The van der Waals surface area contributed by atoms with Gasteiger partial charge in [-0.05, 0) is 58.0 Å². The van der Waals surface area contributed by atoms with Crippen molar-refractivity contribution in [2.75, 3.05) is 20.1 Å². The molecule has 1 saturated heterocycles. The lowest BCUT2D eigenvalue weighted by Crippen LogP contribution is -2.44. The van der Waals surface area contributed by atoms with Gasteiger partial charge >= 0.3 is 0 Å². The van der Waals surface area contributed by atoms with Crippen LogP contribution in [0.4, 0.5) is 0 Å². The Balaban J connectivity index is 2.20. The maximum absolute atomic E-state index is 12.6. The Morgan fingerprint density at radius 3 is 2.57 bits per heavy atom. The van der Waals surface area contributed by atoms with Crippen molar-refractivity contribution < 1.29 is 13.2 Å². The van der Waals surface area contributed by atoms with E-state index >= 15 is 0 Å². The first-order chi connectivity index (χ1) is 10.8. The summed E-state index contributed by atoms with van der Waals surface area (Å²) in [6, 6.07) is 6.22. The van der Waals surface area contributed by atoms with Crippen LogP contribution >= 0.6 is 0 Å². The van der Waals surface area contributed by atoms with Gasteiger partial charge in [0.25, 0.3) is 5.91 Å². The van der Waals surface area contributed by atoms with Crippen molar-refractivity contribution in [2.24, 2.45) is 0 Å². The second kappa shape index (κ2) is 7.42. The number of carbonyl (C=O) groups is 1. The van der Waals surface area contributed by atoms with Crippen LogP contribution < -0.4 is 10.0 Å². The van der Waals surface area contributed by atoms with Gasteiger partial charge < -0.3 is 10.2 Å². The quantitative estimate of drug-likeness (QED) is 0.845. The number of sulfonamides is 1. The van der Waals surface area contributed by atoms with E-state index in [2.05, 4.69) is 10.0 Å². The predicted molar refractivity (Wildman–Crippen MR) is 89.9 cm³/mol. The molecule has 0 atom stereocenters. The summed E-state index contributed by atoms with van der Waals surface area (Å²) in [6.07, 6.45) is 1.82. The lowest BCUT2D eigenvalue weighted by Gasteiger charge is -2.31. The third kappa shape index (κ3) is 4.53. The average molecular weight is 339 g/mol. The van der Waals surface area contributed by atoms with E-state index in [1.54, 1.807) is 37.9 Å². The average Bonchev–Trinajstić information content (AvgIpc) is 2.53. The Morgan fingerprint density at radius 2 is 1.96 bits per heavy atom. The number of nitrogens with one attached hydrogen (secondary N) is 2. The second-order valence-corrected chi connectivity index (χ2v) is 7.92. The van der Waals surface area contributed by atoms with Gasteiger partial charge in [-0.15, -0.1) is 0 Å². The fourth-order valence-electron chi connectivity index (χ4n) is 2.74. The van der Waals surface area contributed by atoms with E-state index in [4.69, 9.17) is 0 Å². The van der Waals surface area contributed by atoms with Crippen molar-refractivity contribution >= 4 is 15.9 Å². The fourth-order valence-corrected chi connectivity index (χ4v) is 4.03. The van der Waals surface area contributed by atoms with Gasteiger partial charge in [-0.25, -0.2) is 13.1 Å². The second-order valence-electron chi connectivity index (χ2n) is 6.20. The summed E-state index contributed by atoms with van der Waals surface area (Å²) < 4.78 is 27.0. The molecule has 1 amide bonds. The summed E-state index contributed by atoms with van der Waals surface area (Å²) in [6.45, 7) is 5.32. The standard InChI is InChI=1S/C16H25N3O3S/c1-12(2)18-23(21,22)15-6-4-5-13(11-15)16(20)19(3)14-7-9-17-10-8-14/h4-6,11-12,14,17-18H,7-10H2,1-3H3. The third-order valence-electron chi connectivity index (χ3n) is 3.96. The summed E-state index contributed by atoms with van der Waals surface area (Å²) >= 11 is 0. The summed E-state index contributed by atoms with van der Waals surface area (Å²) in [7, 11) is -1.81. The molecule has 23 heavy (non-hydrogen) atoms. The van der Waals surface area contributed by atoms with E-state index in [1.807, 2.05) is 0 Å². The van der Waals surface area contributed by atoms with Crippen molar-refractivity contribution in [3.05, 3.63) is 29.8 Å². The van der Waals surface area contributed by atoms with E-state index in [-0.39, 0.29) is 22.9 Å². The minimum Gasteiger partial charge on any atom is -0.339 e. The SMILES string of the molecule is CC(C)NS(=O)(=O)c1cccc(C(=O)N(C)C2CCNCC2)c1. The van der Waals surface area contributed by atoms with E-state index in [0.29, 0.717) is 5.56 Å². The molecule has 6 nitrogen and oxygen atoms in total. The van der Waals surface area contributed by atoms with Crippen LogP contribution in [-0.2, 0) is 10.0 Å². The number of hydrogen-bond donors (Lipinski definition) is 2. The van der Waals surface area contributed by atoms with Crippen molar-refractivity contribution in [2.45, 2.75) is 43.7 Å². The Morgan fingerprint density at radius 1 is 1.30 bits per heavy atom. The lowest BCUT2D eigenvalue weighted by atomic mass is 10.0. The van der Waals surface area contributed by atoms with Crippen LogP contribution in [-0.4, -0.2) is 51.4 Å². The number of rotatable bonds is 5. The molecule has 1 aromatic rings. The molecule has 128 valence electrons. The number of piperidine rings is 1. The summed E-state index contributed by atoms with van der Waals surface area (Å²) in [4.78, 5) is 14.5. The van der Waals surface area contributed by atoms with Crippen molar-refractivity contribution in [1.82, 2.24) is 14.9 Å². The Hall–Kier alpha value is -1.44. The Labute approximate surface area is 138 Å². The molecular formula is C16H25N3O3S. The first kappa shape index (κ1) is 17.9. The Kier molecular flexibility index (Phi) is 5.78. The monoisotopic (exact) mass is 339 g/mol. The van der Waals surface area contributed by atoms with Gasteiger partial charge in [-0.1, -0.05) is 6.07 Å².